The lowest BCUT2D eigenvalue weighted by Crippen LogP contribution is -2.45. The Balaban J connectivity index is 2.11. The molecule has 0 saturated heterocycles. The lowest BCUT2D eigenvalue weighted by atomic mass is 10.1. The Hall–Kier alpha value is -2.45. The minimum atomic E-state index is -0.475. The number of para-hydroxylation sites is 1. The van der Waals surface area contributed by atoms with Gasteiger partial charge in [0.15, 0.2) is 0 Å². The van der Waals surface area contributed by atoms with E-state index in [-0.39, 0.29) is 24.4 Å². The number of hydrogen-bond acceptors (Lipinski definition) is 6. The second-order valence-corrected chi connectivity index (χ2v) is 6.85. The van der Waals surface area contributed by atoms with Crippen LogP contribution in [-0.2, 0) is 20.8 Å². The third-order valence-electron chi connectivity index (χ3n) is 4.63. The van der Waals surface area contributed by atoms with Gasteiger partial charge in [0.1, 0.15) is 12.0 Å². The van der Waals surface area contributed by atoms with Crippen LogP contribution in [0.5, 0.6) is 5.75 Å². The molecule has 29 heavy (non-hydrogen) atoms. The lowest BCUT2D eigenvalue weighted by Gasteiger charge is -2.16. The van der Waals surface area contributed by atoms with E-state index in [0.29, 0.717) is 25.9 Å². The molecule has 4 N–H and O–H groups in total. The molecule has 0 aliphatic carbocycles. The topological polar surface area (TPSA) is 109 Å². The number of unbranched alkanes of at least 4 members (excludes halogenated alkanes) is 1. The second kappa shape index (κ2) is 14.5. The predicted octanol–water partition coefficient (Wildman–Crippen LogP) is 0.405. The fourth-order valence-electron chi connectivity index (χ4n) is 2.74. The standard InChI is InChI=1S/C21H34N4O4/c1-16(22-2)21(28)25-18(15-26)9-6-7-12-23-14-20(27)24-13-11-17-8-4-5-10-19(17)29-3/h4-5,8,10,15-16,18,22-23H,6-7,9,11-14H2,1-3H3,(H,24,27)(H,25,28)/t16-,18-/m0/s1. The molecule has 0 fully saturated rings. The zero-order chi connectivity index (χ0) is 21.5. The SMILES string of the molecule is CN[C@@H](C)C(=O)N[C@H](C=O)CCCCNCC(=O)NCCc1ccccc1OC. The summed E-state index contributed by atoms with van der Waals surface area (Å²) in [6.45, 7) is 3.21. The normalized spacial score (nSPS) is 12.7. The molecule has 0 heterocycles. The van der Waals surface area contributed by atoms with Gasteiger partial charge in [-0.2, -0.15) is 0 Å². The summed E-state index contributed by atoms with van der Waals surface area (Å²) < 4.78 is 5.30. The Morgan fingerprint density at radius 1 is 1.17 bits per heavy atom. The first-order valence-electron chi connectivity index (χ1n) is 10.0. The molecule has 162 valence electrons. The maximum Gasteiger partial charge on any atom is 0.237 e. The molecule has 8 nitrogen and oxygen atoms in total. The van der Waals surface area contributed by atoms with Crippen molar-refractivity contribution in [2.75, 3.05) is 33.8 Å². The zero-order valence-corrected chi connectivity index (χ0v) is 17.6. The number of benzene rings is 1. The highest BCUT2D eigenvalue weighted by Crippen LogP contribution is 2.17. The maximum absolute atomic E-state index is 11.9. The monoisotopic (exact) mass is 406 g/mol. The van der Waals surface area contributed by atoms with Gasteiger partial charge in [-0.3, -0.25) is 9.59 Å². The van der Waals surface area contributed by atoms with Crippen LogP contribution in [0.3, 0.4) is 0 Å². The lowest BCUT2D eigenvalue weighted by molar-refractivity contribution is -0.125. The van der Waals surface area contributed by atoms with Gasteiger partial charge in [0.2, 0.25) is 11.8 Å². The van der Waals surface area contributed by atoms with Crippen LogP contribution in [0.2, 0.25) is 0 Å². The third kappa shape index (κ3) is 10.0. The van der Waals surface area contributed by atoms with Gasteiger partial charge in [-0.1, -0.05) is 18.2 Å². The average Bonchev–Trinajstić information content (AvgIpc) is 2.74. The molecular formula is C21H34N4O4. The summed E-state index contributed by atoms with van der Waals surface area (Å²) in [4.78, 5) is 34.7. The molecule has 0 saturated carbocycles. The molecule has 8 heteroatoms. The minimum Gasteiger partial charge on any atom is -0.496 e. The third-order valence-corrected chi connectivity index (χ3v) is 4.63. The summed E-state index contributed by atoms with van der Waals surface area (Å²) in [5.74, 6) is 0.580. The van der Waals surface area contributed by atoms with Gasteiger partial charge in [-0.15, -0.1) is 0 Å². The largest absolute Gasteiger partial charge is 0.496 e. The molecule has 0 aliphatic rings. The van der Waals surface area contributed by atoms with Gasteiger partial charge in [-0.05, 0) is 57.8 Å². The number of carbonyl (C=O) groups is 3. The number of carbonyl (C=O) groups excluding carboxylic acids is 3. The van der Waals surface area contributed by atoms with Crippen LogP contribution in [0.15, 0.2) is 24.3 Å². The van der Waals surface area contributed by atoms with Crippen molar-refractivity contribution in [3.05, 3.63) is 29.8 Å². The van der Waals surface area contributed by atoms with E-state index in [9.17, 15) is 14.4 Å². The maximum atomic E-state index is 11.9. The fraction of sp³-hybridized carbons (Fsp3) is 0.571. The van der Waals surface area contributed by atoms with Crippen LogP contribution in [0, 0.1) is 0 Å². The summed E-state index contributed by atoms with van der Waals surface area (Å²) in [6.07, 6.45) is 3.65. The molecule has 0 bridgehead atoms. The van der Waals surface area contributed by atoms with Crippen molar-refractivity contribution in [1.82, 2.24) is 21.3 Å². The van der Waals surface area contributed by atoms with Gasteiger partial charge in [0.05, 0.1) is 25.7 Å². The Kier molecular flexibility index (Phi) is 12.3. The van der Waals surface area contributed by atoms with Crippen LogP contribution >= 0.6 is 0 Å². The van der Waals surface area contributed by atoms with Crippen LogP contribution in [0.25, 0.3) is 0 Å². The highest BCUT2D eigenvalue weighted by molar-refractivity contribution is 5.84. The van der Waals surface area contributed by atoms with E-state index in [2.05, 4.69) is 21.3 Å². The van der Waals surface area contributed by atoms with Gasteiger partial charge >= 0.3 is 0 Å². The first-order chi connectivity index (χ1) is 14.0. The van der Waals surface area contributed by atoms with Crippen molar-refractivity contribution in [2.24, 2.45) is 0 Å². The first-order valence-corrected chi connectivity index (χ1v) is 10.0. The summed E-state index contributed by atoms with van der Waals surface area (Å²) in [6, 6.07) is 6.94. The minimum absolute atomic E-state index is 0.0565. The van der Waals surface area contributed by atoms with E-state index in [0.717, 1.165) is 30.4 Å². The highest BCUT2D eigenvalue weighted by Gasteiger charge is 2.15. The smallest absolute Gasteiger partial charge is 0.237 e. The number of aldehydes is 1. The summed E-state index contributed by atoms with van der Waals surface area (Å²) in [7, 11) is 3.33. The number of methoxy groups -OCH3 is 1. The molecule has 0 radical (unpaired) electrons. The van der Waals surface area contributed by atoms with E-state index < -0.39 is 6.04 Å². The number of amides is 2. The van der Waals surface area contributed by atoms with E-state index in [4.69, 9.17) is 4.74 Å². The summed E-state index contributed by atoms with van der Waals surface area (Å²) in [5.41, 5.74) is 1.06. The predicted molar refractivity (Wildman–Crippen MR) is 113 cm³/mol. The Morgan fingerprint density at radius 2 is 1.93 bits per heavy atom. The van der Waals surface area contributed by atoms with Crippen molar-refractivity contribution >= 4 is 18.1 Å². The molecule has 0 aromatic heterocycles. The Bertz CT molecular complexity index is 639. The van der Waals surface area contributed by atoms with Crippen molar-refractivity contribution in [1.29, 1.82) is 0 Å². The second-order valence-electron chi connectivity index (χ2n) is 6.85. The van der Waals surface area contributed by atoms with Crippen LogP contribution < -0.4 is 26.0 Å². The number of ether oxygens (including phenoxy) is 1. The molecule has 0 unspecified atom stereocenters. The van der Waals surface area contributed by atoms with E-state index in [1.54, 1.807) is 21.1 Å². The Morgan fingerprint density at radius 3 is 2.62 bits per heavy atom. The average molecular weight is 407 g/mol. The quantitative estimate of drug-likeness (QED) is 0.248. The number of likely N-dealkylation sites (N-methyl/N-ethyl adjacent to an activating group) is 1. The van der Waals surface area contributed by atoms with Crippen LogP contribution in [0.4, 0.5) is 0 Å². The number of rotatable bonds is 15. The van der Waals surface area contributed by atoms with Gasteiger partial charge in [0.25, 0.3) is 0 Å². The van der Waals surface area contributed by atoms with Crippen molar-refractivity contribution in [3.8, 4) is 5.75 Å². The number of hydrogen-bond donors (Lipinski definition) is 4. The highest BCUT2D eigenvalue weighted by atomic mass is 16.5. The van der Waals surface area contributed by atoms with Crippen molar-refractivity contribution in [3.63, 3.8) is 0 Å². The van der Waals surface area contributed by atoms with Gasteiger partial charge in [-0.25, -0.2) is 0 Å². The summed E-state index contributed by atoms with van der Waals surface area (Å²) in [5, 5.41) is 11.5. The van der Waals surface area contributed by atoms with Gasteiger partial charge < -0.3 is 30.8 Å². The van der Waals surface area contributed by atoms with E-state index >= 15 is 0 Å². The summed E-state index contributed by atoms with van der Waals surface area (Å²) >= 11 is 0. The first kappa shape index (κ1) is 24.6. The molecule has 1 aromatic rings. The van der Waals surface area contributed by atoms with Gasteiger partial charge in [0, 0.05) is 6.54 Å². The molecule has 0 spiro atoms. The number of nitrogens with one attached hydrogen (secondary N) is 4. The van der Waals surface area contributed by atoms with Crippen LogP contribution in [0.1, 0.15) is 31.7 Å². The zero-order valence-electron chi connectivity index (χ0n) is 17.6. The van der Waals surface area contributed by atoms with E-state index in [1.807, 2.05) is 24.3 Å². The molecule has 0 aliphatic heterocycles. The Labute approximate surface area is 173 Å². The van der Waals surface area contributed by atoms with Crippen molar-refractivity contribution < 1.29 is 19.1 Å². The fourth-order valence-corrected chi connectivity index (χ4v) is 2.74. The van der Waals surface area contributed by atoms with E-state index in [1.165, 1.54) is 0 Å². The van der Waals surface area contributed by atoms with Crippen molar-refractivity contribution in [2.45, 2.75) is 44.7 Å². The molecule has 2 amide bonds. The molecule has 2 atom stereocenters. The molecular weight excluding hydrogens is 372 g/mol. The molecule has 1 aromatic carbocycles. The van der Waals surface area contributed by atoms with Crippen LogP contribution in [-0.4, -0.2) is 64.0 Å². The molecule has 1 rings (SSSR count).